The van der Waals surface area contributed by atoms with E-state index in [4.69, 9.17) is 9.47 Å². The van der Waals surface area contributed by atoms with Gasteiger partial charge in [-0.15, -0.1) is 5.10 Å². The SMILES string of the molecule is COc1ccc(-c2cnnn2-c2cc(C)c(C)c(OC)c2)cc1O. The van der Waals surface area contributed by atoms with Gasteiger partial charge in [-0.1, -0.05) is 5.21 Å². The van der Waals surface area contributed by atoms with Crippen LogP contribution in [0.1, 0.15) is 11.1 Å². The fourth-order valence-corrected chi connectivity index (χ4v) is 2.61. The summed E-state index contributed by atoms with van der Waals surface area (Å²) in [5.41, 5.74) is 4.58. The Balaban J connectivity index is 2.12. The predicted octanol–water partition coefficient (Wildman–Crippen LogP) is 3.27. The van der Waals surface area contributed by atoms with Crippen molar-refractivity contribution in [3.63, 3.8) is 0 Å². The van der Waals surface area contributed by atoms with Crippen molar-refractivity contribution in [1.82, 2.24) is 15.0 Å². The van der Waals surface area contributed by atoms with E-state index in [2.05, 4.69) is 10.3 Å². The van der Waals surface area contributed by atoms with Gasteiger partial charge in [-0.25, -0.2) is 4.68 Å². The van der Waals surface area contributed by atoms with Crippen LogP contribution in [-0.2, 0) is 0 Å². The lowest BCUT2D eigenvalue weighted by Gasteiger charge is -2.13. The van der Waals surface area contributed by atoms with Crippen molar-refractivity contribution >= 4 is 0 Å². The molecular weight excluding hydrogens is 306 g/mol. The number of hydrogen-bond donors (Lipinski definition) is 1. The Bertz CT molecular complexity index is 887. The maximum absolute atomic E-state index is 10.0. The number of aromatic nitrogens is 3. The average molecular weight is 325 g/mol. The maximum atomic E-state index is 10.0. The first-order chi connectivity index (χ1) is 11.5. The van der Waals surface area contributed by atoms with E-state index in [1.54, 1.807) is 30.1 Å². The third-order valence-electron chi connectivity index (χ3n) is 4.09. The molecule has 124 valence electrons. The quantitative estimate of drug-likeness (QED) is 0.797. The minimum atomic E-state index is 0.0698. The van der Waals surface area contributed by atoms with Gasteiger partial charge in [0.2, 0.25) is 0 Å². The number of aryl methyl sites for hydroxylation is 1. The number of methoxy groups -OCH3 is 2. The highest BCUT2D eigenvalue weighted by Crippen LogP contribution is 2.33. The van der Waals surface area contributed by atoms with Gasteiger partial charge in [-0.2, -0.15) is 0 Å². The zero-order valence-electron chi connectivity index (χ0n) is 14.1. The minimum Gasteiger partial charge on any atom is -0.504 e. The summed E-state index contributed by atoms with van der Waals surface area (Å²) in [7, 11) is 3.16. The van der Waals surface area contributed by atoms with E-state index in [1.165, 1.54) is 7.11 Å². The van der Waals surface area contributed by atoms with Crippen LogP contribution in [0.5, 0.6) is 17.2 Å². The first kappa shape index (κ1) is 15.9. The van der Waals surface area contributed by atoms with Crippen LogP contribution in [0.25, 0.3) is 16.9 Å². The molecule has 0 radical (unpaired) electrons. The summed E-state index contributed by atoms with van der Waals surface area (Å²) >= 11 is 0. The standard InChI is InChI=1S/C18H19N3O3/c1-11-7-14(9-18(24-4)12(11)2)21-15(10-19-20-21)13-5-6-17(23-3)16(22)8-13/h5-10,22H,1-4H3. The molecule has 3 aromatic rings. The third-order valence-corrected chi connectivity index (χ3v) is 4.09. The molecule has 0 aliphatic rings. The number of phenolic OH excluding ortho intramolecular Hbond substituents is 1. The molecule has 0 spiro atoms. The van der Waals surface area contributed by atoms with Crippen LogP contribution in [0.2, 0.25) is 0 Å². The van der Waals surface area contributed by atoms with E-state index in [0.717, 1.165) is 33.8 Å². The smallest absolute Gasteiger partial charge is 0.160 e. The Kier molecular flexibility index (Phi) is 4.12. The molecule has 1 heterocycles. The van der Waals surface area contributed by atoms with Crippen LogP contribution in [0, 0.1) is 13.8 Å². The molecule has 0 fully saturated rings. The molecule has 0 bridgehead atoms. The summed E-state index contributed by atoms with van der Waals surface area (Å²) in [5, 5.41) is 18.2. The molecule has 0 aliphatic heterocycles. The summed E-state index contributed by atoms with van der Waals surface area (Å²) in [4.78, 5) is 0. The van der Waals surface area contributed by atoms with Crippen molar-refractivity contribution < 1.29 is 14.6 Å². The molecule has 1 N–H and O–H groups in total. The largest absolute Gasteiger partial charge is 0.504 e. The van der Waals surface area contributed by atoms with Crippen LogP contribution < -0.4 is 9.47 Å². The number of nitrogens with zero attached hydrogens (tertiary/aromatic N) is 3. The molecule has 0 amide bonds. The number of rotatable bonds is 4. The van der Waals surface area contributed by atoms with Crippen molar-refractivity contribution in [2.75, 3.05) is 14.2 Å². The van der Waals surface area contributed by atoms with E-state index < -0.39 is 0 Å². The second kappa shape index (κ2) is 6.23. The fraction of sp³-hybridized carbons (Fsp3) is 0.222. The van der Waals surface area contributed by atoms with E-state index in [-0.39, 0.29) is 5.75 Å². The molecular formula is C18H19N3O3. The van der Waals surface area contributed by atoms with Gasteiger partial charge in [-0.05, 0) is 49.2 Å². The first-order valence-corrected chi connectivity index (χ1v) is 7.49. The van der Waals surface area contributed by atoms with Gasteiger partial charge >= 0.3 is 0 Å². The van der Waals surface area contributed by atoms with Crippen LogP contribution in [0.15, 0.2) is 36.5 Å². The second-order valence-electron chi connectivity index (χ2n) is 5.51. The molecule has 24 heavy (non-hydrogen) atoms. The highest BCUT2D eigenvalue weighted by molar-refractivity contribution is 5.65. The summed E-state index contributed by atoms with van der Waals surface area (Å²) < 4.78 is 12.2. The van der Waals surface area contributed by atoms with Gasteiger partial charge < -0.3 is 14.6 Å². The highest BCUT2D eigenvalue weighted by Gasteiger charge is 2.14. The number of benzene rings is 2. The van der Waals surface area contributed by atoms with Gasteiger partial charge in [-0.3, -0.25) is 0 Å². The van der Waals surface area contributed by atoms with Crippen molar-refractivity contribution in [2.45, 2.75) is 13.8 Å². The van der Waals surface area contributed by atoms with Crippen molar-refractivity contribution in [2.24, 2.45) is 0 Å². The van der Waals surface area contributed by atoms with Crippen molar-refractivity contribution in [3.05, 3.63) is 47.7 Å². The van der Waals surface area contributed by atoms with Gasteiger partial charge in [0.05, 0.1) is 31.8 Å². The molecule has 0 saturated carbocycles. The lowest BCUT2D eigenvalue weighted by molar-refractivity contribution is 0.373. The van der Waals surface area contributed by atoms with Crippen molar-refractivity contribution in [3.8, 4) is 34.2 Å². The molecule has 0 unspecified atom stereocenters. The molecule has 6 heteroatoms. The second-order valence-corrected chi connectivity index (χ2v) is 5.51. The van der Waals surface area contributed by atoms with Crippen LogP contribution in [0.3, 0.4) is 0 Å². The molecule has 6 nitrogen and oxygen atoms in total. The Hall–Kier alpha value is -3.02. The van der Waals surface area contributed by atoms with Gasteiger partial charge in [0.25, 0.3) is 0 Å². The molecule has 1 aromatic heterocycles. The van der Waals surface area contributed by atoms with Gasteiger partial charge in [0.1, 0.15) is 5.75 Å². The fourth-order valence-electron chi connectivity index (χ4n) is 2.61. The summed E-state index contributed by atoms with van der Waals surface area (Å²) in [6.07, 6.45) is 1.66. The molecule has 0 atom stereocenters. The van der Waals surface area contributed by atoms with E-state index in [0.29, 0.717) is 5.75 Å². The molecule has 0 saturated heterocycles. The van der Waals surface area contributed by atoms with Crippen LogP contribution >= 0.6 is 0 Å². The maximum Gasteiger partial charge on any atom is 0.160 e. The van der Waals surface area contributed by atoms with E-state index >= 15 is 0 Å². The zero-order valence-corrected chi connectivity index (χ0v) is 14.1. The number of ether oxygens (including phenoxy) is 2. The van der Waals surface area contributed by atoms with Crippen LogP contribution in [0.4, 0.5) is 0 Å². The Morgan fingerprint density at radius 1 is 1.00 bits per heavy atom. The molecule has 3 rings (SSSR count). The Labute approximate surface area is 140 Å². The minimum absolute atomic E-state index is 0.0698. The number of hydrogen-bond acceptors (Lipinski definition) is 5. The number of phenols is 1. The Morgan fingerprint density at radius 2 is 1.75 bits per heavy atom. The lowest BCUT2D eigenvalue weighted by Crippen LogP contribution is -2.02. The third kappa shape index (κ3) is 2.67. The Morgan fingerprint density at radius 3 is 2.42 bits per heavy atom. The highest BCUT2D eigenvalue weighted by atomic mass is 16.5. The van der Waals surface area contributed by atoms with E-state index in [1.807, 2.05) is 32.0 Å². The lowest BCUT2D eigenvalue weighted by atomic mass is 10.1. The van der Waals surface area contributed by atoms with Crippen molar-refractivity contribution in [1.29, 1.82) is 0 Å². The molecule has 0 aliphatic carbocycles. The van der Waals surface area contributed by atoms with E-state index in [9.17, 15) is 5.11 Å². The summed E-state index contributed by atoms with van der Waals surface area (Å²) in [6, 6.07) is 9.14. The monoisotopic (exact) mass is 325 g/mol. The number of aromatic hydroxyl groups is 1. The molecule has 2 aromatic carbocycles. The van der Waals surface area contributed by atoms with Crippen LogP contribution in [-0.4, -0.2) is 34.3 Å². The zero-order chi connectivity index (χ0) is 17.3. The predicted molar refractivity (Wildman–Crippen MR) is 91.0 cm³/mol. The first-order valence-electron chi connectivity index (χ1n) is 7.49. The summed E-state index contributed by atoms with van der Waals surface area (Å²) in [5.74, 6) is 1.29. The topological polar surface area (TPSA) is 69.4 Å². The normalized spacial score (nSPS) is 10.7. The summed E-state index contributed by atoms with van der Waals surface area (Å²) in [6.45, 7) is 4.04. The van der Waals surface area contributed by atoms with Gasteiger partial charge in [0.15, 0.2) is 11.5 Å². The van der Waals surface area contributed by atoms with Gasteiger partial charge in [0, 0.05) is 11.6 Å². The average Bonchev–Trinajstić information content (AvgIpc) is 3.06.